The number of aliphatic imine (C=N–C) groups is 1. The fourth-order valence-electron chi connectivity index (χ4n) is 4.36. The van der Waals surface area contributed by atoms with E-state index in [0.717, 1.165) is 6.42 Å². The van der Waals surface area contributed by atoms with Crippen LogP contribution in [-0.4, -0.2) is 61.9 Å². The van der Waals surface area contributed by atoms with Crippen molar-refractivity contribution in [3.63, 3.8) is 0 Å². The van der Waals surface area contributed by atoms with Crippen molar-refractivity contribution in [1.29, 1.82) is 0 Å². The molecule has 0 spiro atoms. The zero-order chi connectivity index (χ0) is 19.4. The van der Waals surface area contributed by atoms with E-state index in [0.29, 0.717) is 45.0 Å². The Balaban J connectivity index is 1.38. The molecule has 3 aliphatic rings. The molecule has 1 heterocycles. The molecule has 3 rings (SSSR count). The fourth-order valence-corrected chi connectivity index (χ4v) is 4.36. The molecule has 0 aromatic heterocycles. The van der Waals surface area contributed by atoms with Crippen molar-refractivity contribution in [1.82, 2.24) is 15.5 Å². The van der Waals surface area contributed by atoms with Gasteiger partial charge in [-0.15, -0.1) is 0 Å². The third-order valence-corrected chi connectivity index (χ3v) is 5.57. The predicted molar refractivity (Wildman–Crippen MR) is 99.7 cm³/mol. The first-order chi connectivity index (χ1) is 13.1. The highest BCUT2D eigenvalue weighted by molar-refractivity contribution is 6.06. The van der Waals surface area contributed by atoms with Gasteiger partial charge in [-0.25, -0.2) is 0 Å². The minimum atomic E-state index is -0.206. The topological polar surface area (TPSA) is 100 Å². The number of esters is 1. The second kappa shape index (κ2) is 8.54. The smallest absolute Gasteiger partial charge is 0.305 e. The van der Waals surface area contributed by atoms with E-state index in [1.54, 1.807) is 14.0 Å². The van der Waals surface area contributed by atoms with E-state index in [9.17, 15) is 14.4 Å². The summed E-state index contributed by atoms with van der Waals surface area (Å²) >= 11 is 0. The summed E-state index contributed by atoms with van der Waals surface area (Å²) in [7, 11) is 1.65. The van der Waals surface area contributed by atoms with Gasteiger partial charge in [0.05, 0.1) is 18.4 Å². The van der Waals surface area contributed by atoms with Crippen LogP contribution in [0.15, 0.2) is 17.1 Å². The normalized spacial score (nSPS) is 28.7. The number of fused-ring (bicyclic) bond motifs is 5. The van der Waals surface area contributed by atoms with Gasteiger partial charge in [0, 0.05) is 33.1 Å². The summed E-state index contributed by atoms with van der Waals surface area (Å²) in [4.78, 5) is 42.0. The highest BCUT2D eigenvalue weighted by Gasteiger charge is 2.58. The number of amides is 2. The molecule has 27 heavy (non-hydrogen) atoms. The molecule has 8 nitrogen and oxygen atoms in total. The van der Waals surface area contributed by atoms with Crippen LogP contribution in [-0.2, 0) is 19.1 Å². The maximum atomic E-state index is 12.6. The quantitative estimate of drug-likeness (QED) is 0.158. The van der Waals surface area contributed by atoms with E-state index in [4.69, 9.17) is 4.74 Å². The Labute approximate surface area is 159 Å². The molecule has 0 aromatic carbocycles. The van der Waals surface area contributed by atoms with Gasteiger partial charge in [0.2, 0.25) is 11.8 Å². The van der Waals surface area contributed by atoms with Crippen molar-refractivity contribution in [3.05, 3.63) is 12.2 Å². The minimum Gasteiger partial charge on any atom is -0.466 e. The standard InChI is InChI=1S/C19H28N4O4/c1-3-27-14(24)5-4-8-21-19(20-2)22-9-10-23-17(25)15-12-6-7-13(11-12)16(15)18(23)26/h6-7,12-13,15-16H,3-5,8-11H2,1-2H3,(H2,20,21,22). The van der Waals surface area contributed by atoms with Crippen LogP contribution < -0.4 is 10.6 Å². The molecule has 2 bridgehead atoms. The number of hydrogen-bond acceptors (Lipinski definition) is 5. The number of likely N-dealkylation sites (tertiary alicyclic amines) is 1. The summed E-state index contributed by atoms with van der Waals surface area (Å²) in [6, 6.07) is 0. The van der Waals surface area contributed by atoms with Crippen molar-refractivity contribution in [3.8, 4) is 0 Å². The highest BCUT2D eigenvalue weighted by Crippen LogP contribution is 2.52. The van der Waals surface area contributed by atoms with Gasteiger partial charge in [0.25, 0.3) is 0 Å². The third kappa shape index (κ3) is 3.99. The van der Waals surface area contributed by atoms with E-state index < -0.39 is 0 Å². The molecule has 0 radical (unpaired) electrons. The average molecular weight is 376 g/mol. The fraction of sp³-hybridized carbons (Fsp3) is 0.684. The van der Waals surface area contributed by atoms with Crippen molar-refractivity contribution < 1.29 is 19.1 Å². The number of ether oxygens (including phenoxy) is 1. The number of nitrogens with one attached hydrogen (secondary N) is 2. The molecule has 1 aliphatic heterocycles. The van der Waals surface area contributed by atoms with Gasteiger partial charge in [-0.05, 0) is 31.6 Å². The zero-order valence-corrected chi connectivity index (χ0v) is 15.9. The lowest BCUT2D eigenvalue weighted by Gasteiger charge is -2.18. The number of carbonyl (C=O) groups is 3. The van der Waals surface area contributed by atoms with Gasteiger partial charge >= 0.3 is 5.97 Å². The van der Waals surface area contributed by atoms with E-state index in [-0.39, 0.29) is 41.5 Å². The van der Waals surface area contributed by atoms with Gasteiger partial charge in [-0.1, -0.05) is 12.2 Å². The molecule has 4 atom stereocenters. The maximum absolute atomic E-state index is 12.6. The Morgan fingerprint density at radius 1 is 1.19 bits per heavy atom. The van der Waals surface area contributed by atoms with Gasteiger partial charge < -0.3 is 15.4 Å². The summed E-state index contributed by atoms with van der Waals surface area (Å²) < 4.78 is 4.88. The van der Waals surface area contributed by atoms with Crippen LogP contribution in [0, 0.1) is 23.7 Å². The SMILES string of the molecule is CCOC(=O)CCCNC(=NC)NCCN1C(=O)C2C3C=CC(C3)C2C1=O. The summed E-state index contributed by atoms with van der Waals surface area (Å²) in [5, 5.41) is 6.23. The number of allylic oxidation sites excluding steroid dienone is 2. The van der Waals surface area contributed by atoms with Crippen LogP contribution in [0.1, 0.15) is 26.2 Å². The van der Waals surface area contributed by atoms with Gasteiger partial charge in [-0.2, -0.15) is 0 Å². The Kier molecular flexibility index (Phi) is 6.13. The van der Waals surface area contributed by atoms with Crippen LogP contribution in [0.2, 0.25) is 0 Å². The van der Waals surface area contributed by atoms with E-state index in [1.807, 2.05) is 0 Å². The number of carbonyl (C=O) groups excluding carboxylic acids is 3. The van der Waals surface area contributed by atoms with Gasteiger partial charge in [-0.3, -0.25) is 24.3 Å². The second-order valence-corrected chi connectivity index (χ2v) is 7.16. The first kappa shape index (κ1) is 19.4. The monoisotopic (exact) mass is 376 g/mol. The molecule has 1 saturated heterocycles. The summed E-state index contributed by atoms with van der Waals surface area (Å²) in [5.41, 5.74) is 0. The summed E-state index contributed by atoms with van der Waals surface area (Å²) in [6.45, 7) is 3.54. The Morgan fingerprint density at radius 3 is 2.41 bits per heavy atom. The van der Waals surface area contributed by atoms with Crippen molar-refractivity contribution >= 4 is 23.7 Å². The van der Waals surface area contributed by atoms with Gasteiger partial charge in [0.15, 0.2) is 5.96 Å². The zero-order valence-electron chi connectivity index (χ0n) is 15.9. The molecule has 148 valence electrons. The molecule has 2 aliphatic carbocycles. The first-order valence-electron chi connectivity index (χ1n) is 9.70. The molecule has 0 aromatic rings. The van der Waals surface area contributed by atoms with Crippen molar-refractivity contribution in [2.24, 2.45) is 28.7 Å². The number of imide groups is 1. The van der Waals surface area contributed by atoms with Crippen LogP contribution >= 0.6 is 0 Å². The van der Waals surface area contributed by atoms with E-state index >= 15 is 0 Å². The number of hydrogen-bond donors (Lipinski definition) is 2. The predicted octanol–water partition coefficient (Wildman–Crippen LogP) is 0.302. The lowest BCUT2D eigenvalue weighted by Crippen LogP contribution is -2.44. The summed E-state index contributed by atoms with van der Waals surface area (Å²) in [5.74, 6) is 0.511. The molecular weight excluding hydrogens is 348 g/mol. The van der Waals surface area contributed by atoms with Crippen molar-refractivity contribution in [2.75, 3.05) is 33.3 Å². The third-order valence-electron chi connectivity index (χ3n) is 5.57. The largest absolute Gasteiger partial charge is 0.466 e. The summed E-state index contributed by atoms with van der Waals surface area (Å²) in [6.07, 6.45) is 6.14. The van der Waals surface area contributed by atoms with E-state index in [1.165, 1.54) is 4.90 Å². The second-order valence-electron chi connectivity index (χ2n) is 7.16. The first-order valence-corrected chi connectivity index (χ1v) is 9.70. The average Bonchev–Trinajstić information content (AvgIpc) is 3.33. The number of guanidine groups is 1. The number of rotatable bonds is 8. The molecule has 8 heteroatoms. The Hall–Kier alpha value is -2.38. The molecule has 2 N–H and O–H groups in total. The van der Waals surface area contributed by atoms with Crippen LogP contribution in [0.3, 0.4) is 0 Å². The minimum absolute atomic E-state index is 0.0268. The van der Waals surface area contributed by atoms with Crippen LogP contribution in [0.5, 0.6) is 0 Å². The molecule has 1 saturated carbocycles. The number of nitrogens with zero attached hydrogens (tertiary/aromatic N) is 2. The molecule has 2 fully saturated rings. The molecule has 2 amide bonds. The molecule has 4 unspecified atom stereocenters. The Bertz CT molecular complexity index is 630. The maximum Gasteiger partial charge on any atom is 0.305 e. The van der Waals surface area contributed by atoms with Gasteiger partial charge in [0.1, 0.15) is 0 Å². The molecular formula is C19H28N4O4. The Morgan fingerprint density at radius 2 is 1.81 bits per heavy atom. The lowest BCUT2D eigenvalue weighted by molar-refractivity contribution is -0.143. The van der Waals surface area contributed by atoms with Crippen LogP contribution in [0.4, 0.5) is 0 Å². The van der Waals surface area contributed by atoms with Crippen LogP contribution in [0.25, 0.3) is 0 Å². The van der Waals surface area contributed by atoms with Crippen molar-refractivity contribution in [2.45, 2.75) is 26.2 Å². The lowest BCUT2D eigenvalue weighted by atomic mass is 9.85. The highest BCUT2D eigenvalue weighted by atomic mass is 16.5. The van der Waals surface area contributed by atoms with E-state index in [2.05, 4.69) is 27.8 Å².